The van der Waals surface area contributed by atoms with E-state index in [1.165, 1.54) is 30.3 Å². The Morgan fingerprint density at radius 2 is 1.89 bits per heavy atom. The van der Waals surface area contributed by atoms with Crippen LogP contribution in [0.2, 0.25) is 0 Å². The molecule has 94 valence electrons. The highest BCUT2D eigenvalue weighted by molar-refractivity contribution is 7.86. The van der Waals surface area contributed by atoms with Gasteiger partial charge in [0, 0.05) is 10.9 Å². The van der Waals surface area contributed by atoms with Crippen molar-refractivity contribution in [3.63, 3.8) is 0 Å². The van der Waals surface area contributed by atoms with E-state index in [-0.39, 0.29) is 16.7 Å². The highest BCUT2D eigenvalue weighted by Crippen LogP contribution is 2.29. The van der Waals surface area contributed by atoms with E-state index in [1.807, 2.05) is 0 Å². The predicted molar refractivity (Wildman–Crippen MR) is 66.4 cm³/mol. The largest absolute Gasteiger partial charge is 0.508 e. The molecule has 0 saturated carbocycles. The van der Waals surface area contributed by atoms with E-state index < -0.39 is 20.8 Å². The van der Waals surface area contributed by atoms with Crippen LogP contribution in [-0.4, -0.2) is 23.9 Å². The van der Waals surface area contributed by atoms with E-state index in [2.05, 4.69) is 0 Å². The summed E-state index contributed by atoms with van der Waals surface area (Å²) in [6.07, 6.45) is 0. The molecule has 6 nitrogen and oxygen atoms in total. The fourth-order valence-corrected chi connectivity index (χ4v) is 2.70. The van der Waals surface area contributed by atoms with Crippen LogP contribution in [0.5, 0.6) is 5.75 Å². The van der Waals surface area contributed by atoms with Crippen LogP contribution in [0.4, 0.5) is 0 Å². The fourth-order valence-electron chi connectivity index (χ4n) is 1.78. The van der Waals surface area contributed by atoms with Gasteiger partial charge in [-0.1, -0.05) is 6.07 Å². The molecule has 0 fully saturated rings. The third-order valence-corrected chi connectivity index (χ3v) is 3.46. The van der Waals surface area contributed by atoms with Crippen molar-refractivity contribution in [1.82, 2.24) is 0 Å². The monoisotopic (exact) mass is 266 g/mol. The van der Waals surface area contributed by atoms with Gasteiger partial charge in [-0.05, 0) is 29.7 Å². The third-order valence-electron chi connectivity index (χ3n) is 2.50. The van der Waals surface area contributed by atoms with Crippen LogP contribution in [0, 0.1) is 5.41 Å². The van der Waals surface area contributed by atoms with Crippen molar-refractivity contribution in [2.75, 3.05) is 0 Å². The molecule has 0 heterocycles. The van der Waals surface area contributed by atoms with Gasteiger partial charge in [0.25, 0.3) is 10.1 Å². The van der Waals surface area contributed by atoms with Gasteiger partial charge in [-0.15, -0.1) is 0 Å². The Morgan fingerprint density at radius 3 is 2.44 bits per heavy atom. The van der Waals surface area contributed by atoms with E-state index in [9.17, 15) is 18.1 Å². The van der Waals surface area contributed by atoms with Gasteiger partial charge in [-0.2, -0.15) is 8.42 Å². The highest BCUT2D eigenvalue weighted by atomic mass is 32.2. The normalized spacial score (nSPS) is 11.6. The molecule has 7 heteroatoms. The number of benzene rings is 2. The first kappa shape index (κ1) is 12.3. The topological polar surface area (TPSA) is 124 Å². The zero-order valence-corrected chi connectivity index (χ0v) is 9.90. The third kappa shape index (κ3) is 2.01. The number of nitrogen functional groups attached to an aromatic ring is 1. The molecule has 0 saturated heterocycles. The van der Waals surface area contributed by atoms with Crippen LogP contribution in [0.15, 0.2) is 35.2 Å². The van der Waals surface area contributed by atoms with Gasteiger partial charge in [-0.3, -0.25) is 9.96 Å². The van der Waals surface area contributed by atoms with Gasteiger partial charge in [-0.25, -0.2) is 0 Å². The number of fused-ring (bicyclic) bond motifs is 1. The van der Waals surface area contributed by atoms with Crippen molar-refractivity contribution in [3.8, 4) is 5.75 Å². The number of hydrogen-bond donors (Lipinski definition) is 4. The van der Waals surface area contributed by atoms with Gasteiger partial charge in [0.1, 0.15) is 16.5 Å². The maximum atomic E-state index is 11.4. The summed E-state index contributed by atoms with van der Waals surface area (Å²) in [7, 11) is -4.52. The van der Waals surface area contributed by atoms with Crippen molar-refractivity contribution in [2.45, 2.75) is 4.90 Å². The van der Waals surface area contributed by atoms with Crippen molar-refractivity contribution in [1.29, 1.82) is 5.41 Å². The maximum absolute atomic E-state index is 11.4. The minimum Gasteiger partial charge on any atom is -0.508 e. The molecule has 5 N–H and O–H groups in total. The second kappa shape index (κ2) is 3.97. The Bertz CT molecular complexity index is 753. The minimum atomic E-state index is -4.52. The lowest BCUT2D eigenvalue weighted by atomic mass is 10.1. The summed E-state index contributed by atoms with van der Waals surface area (Å²) in [5, 5.41) is 17.3. The highest BCUT2D eigenvalue weighted by Gasteiger charge is 2.20. The van der Waals surface area contributed by atoms with Crippen LogP contribution in [0.1, 0.15) is 5.56 Å². The van der Waals surface area contributed by atoms with Gasteiger partial charge in [0.2, 0.25) is 0 Å². The Hall–Kier alpha value is -2.12. The number of phenols is 1. The molecule has 18 heavy (non-hydrogen) atoms. The van der Waals surface area contributed by atoms with Crippen molar-refractivity contribution in [2.24, 2.45) is 5.73 Å². The Balaban J connectivity index is 2.99. The van der Waals surface area contributed by atoms with Crippen LogP contribution in [0.25, 0.3) is 10.8 Å². The van der Waals surface area contributed by atoms with Crippen LogP contribution in [0.3, 0.4) is 0 Å². The van der Waals surface area contributed by atoms with E-state index >= 15 is 0 Å². The number of amidine groups is 1. The van der Waals surface area contributed by atoms with Gasteiger partial charge < -0.3 is 10.8 Å². The first-order valence-electron chi connectivity index (χ1n) is 4.88. The molecule has 0 bridgehead atoms. The lowest BCUT2D eigenvalue weighted by Crippen LogP contribution is -2.16. The first-order valence-corrected chi connectivity index (χ1v) is 6.32. The number of aromatic hydroxyl groups is 1. The number of nitrogens with two attached hydrogens (primary N) is 1. The summed E-state index contributed by atoms with van der Waals surface area (Å²) in [4.78, 5) is -0.424. The zero-order chi connectivity index (χ0) is 13.5. The molecule has 0 aliphatic heterocycles. The van der Waals surface area contributed by atoms with Gasteiger partial charge in [0.05, 0.1) is 0 Å². The number of phenolic OH excluding ortho intramolecular Hbond substituents is 1. The maximum Gasteiger partial charge on any atom is 0.295 e. The summed E-state index contributed by atoms with van der Waals surface area (Å²) in [5.74, 6) is -0.489. The molecular weight excluding hydrogens is 256 g/mol. The summed E-state index contributed by atoms with van der Waals surface area (Å²) in [6.45, 7) is 0. The average molecular weight is 266 g/mol. The Labute approximate surface area is 103 Å². The molecular formula is C11H10N2O4S. The summed E-state index contributed by atoms with van der Waals surface area (Å²) in [6, 6.07) is 6.82. The molecule has 0 radical (unpaired) electrons. The summed E-state index contributed by atoms with van der Waals surface area (Å²) < 4.78 is 32.0. The van der Waals surface area contributed by atoms with Crippen LogP contribution in [-0.2, 0) is 10.1 Å². The molecule has 0 spiro atoms. The molecule has 0 amide bonds. The number of nitrogens with one attached hydrogen (secondary N) is 1. The quantitative estimate of drug-likeness (QED) is 0.367. The predicted octanol–water partition coefficient (Wildman–Crippen LogP) is 1.08. The van der Waals surface area contributed by atoms with Crippen LogP contribution < -0.4 is 5.73 Å². The van der Waals surface area contributed by atoms with Gasteiger partial charge in [0.15, 0.2) is 0 Å². The molecule has 2 aromatic rings. The first-order chi connectivity index (χ1) is 8.30. The van der Waals surface area contributed by atoms with E-state index in [1.54, 1.807) is 0 Å². The smallest absolute Gasteiger partial charge is 0.295 e. The van der Waals surface area contributed by atoms with Gasteiger partial charge >= 0.3 is 0 Å². The second-order valence-electron chi connectivity index (χ2n) is 3.74. The van der Waals surface area contributed by atoms with E-state index in [0.29, 0.717) is 5.39 Å². The van der Waals surface area contributed by atoms with E-state index in [4.69, 9.17) is 11.1 Å². The molecule has 0 aliphatic carbocycles. The van der Waals surface area contributed by atoms with Crippen molar-refractivity contribution < 1.29 is 18.1 Å². The minimum absolute atomic E-state index is 0.0284. The standard InChI is InChI=1S/C11H10N2O4S/c12-11(13)9-3-1-6-5-7(14)2-4-8(6)10(9)18(15,16)17/h1-5,14H,(H3,12,13)(H,15,16,17). The molecule has 0 aliphatic rings. The fraction of sp³-hybridized carbons (Fsp3) is 0. The molecule has 2 aromatic carbocycles. The zero-order valence-electron chi connectivity index (χ0n) is 9.08. The molecule has 0 unspecified atom stereocenters. The SMILES string of the molecule is N=C(N)c1ccc2cc(O)ccc2c1S(=O)(=O)O. The molecule has 2 rings (SSSR count). The van der Waals surface area contributed by atoms with E-state index in [0.717, 1.165) is 0 Å². The Kier molecular flexibility index (Phi) is 2.72. The lowest BCUT2D eigenvalue weighted by molar-refractivity contribution is 0.475. The lowest BCUT2D eigenvalue weighted by Gasteiger charge is -2.09. The molecule has 0 aromatic heterocycles. The summed E-state index contributed by atoms with van der Waals surface area (Å²) >= 11 is 0. The molecule has 0 atom stereocenters. The number of rotatable bonds is 2. The average Bonchev–Trinajstić information content (AvgIpc) is 2.25. The number of hydrogen-bond acceptors (Lipinski definition) is 4. The summed E-state index contributed by atoms with van der Waals surface area (Å²) in [5.41, 5.74) is 5.22. The van der Waals surface area contributed by atoms with Crippen molar-refractivity contribution in [3.05, 3.63) is 35.9 Å². The van der Waals surface area contributed by atoms with Crippen molar-refractivity contribution >= 4 is 26.7 Å². The second-order valence-corrected chi connectivity index (χ2v) is 5.09. The van der Waals surface area contributed by atoms with Crippen LogP contribution >= 0.6 is 0 Å². The Morgan fingerprint density at radius 1 is 1.22 bits per heavy atom.